The summed E-state index contributed by atoms with van der Waals surface area (Å²) in [4.78, 5) is 15.8. The molecule has 1 aromatic carbocycles. The first-order valence-corrected chi connectivity index (χ1v) is 5.44. The first-order valence-electron chi connectivity index (χ1n) is 5.44. The molecule has 0 bridgehead atoms. The van der Waals surface area contributed by atoms with Crippen molar-refractivity contribution in [2.45, 2.75) is 0 Å². The Balaban J connectivity index is 2.66. The third-order valence-corrected chi connectivity index (χ3v) is 2.68. The number of methoxy groups -OCH3 is 2. The molecular weight excluding hydrogens is 232 g/mol. The Kier molecular flexibility index (Phi) is 3.32. The van der Waals surface area contributed by atoms with Crippen LogP contribution in [-0.4, -0.2) is 32.2 Å². The Hall–Kier alpha value is -2.30. The fraction of sp³-hybridized carbons (Fsp3) is 0.231. The van der Waals surface area contributed by atoms with Crippen molar-refractivity contribution in [2.24, 2.45) is 0 Å². The summed E-state index contributed by atoms with van der Waals surface area (Å²) >= 11 is 0. The van der Waals surface area contributed by atoms with E-state index in [0.717, 1.165) is 16.8 Å². The van der Waals surface area contributed by atoms with Gasteiger partial charge in [0.05, 0.1) is 19.7 Å². The lowest BCUT2D eigenvalue weighted by Crippen LogP contribution is -2.06. The predicted octanol–water partition coefficient (Wildman–Crippen LogP) is 2.07. The second kappa shape index (κ2) is 4.91. The van der Waals surface area contributed by atoms with Crippen LogP contribution >= 0.6 is 0 Å². The van der Waals surface area contributed by atoms with Crippen LogP contribution in [0.4, 0.5) is 5.69 Å². The van der Waals surface area contributed by atoms with Crippen LogP contribution in [0, 0.1) is 0 Å². The third kappa shape index (κ3) is 2.07. The van der Waals surface area contributed by atoms with Gasteiger partial charge in [-0.15, -0.1) is 0 Å². The number of benzene rings is 1. The van der Waals surface area contributed by atoms with E-state index in [0.29, 0.717) is 5.52 Å². The van der Waals surface area contributed by atoms with Gasteiger partial charge < -0.3 is 14.8 Å². The van der Waals surface area contributed by atoms with E-state index >= 15 is 0 Å². The van der Waals surface area contributed by atoms with Gasteiger partial charge in [0, 0.05) is 18.1 Å². The molecule has 1 N–H and O–H groups in total. The Morgan fingerprint density at radius 2 is 2.06 bits per heavy atom. The zero-order valence-electron chi connectivity index (χ0n) is 10.5. The number of ether oxygens (including phenoxy) is 2. The van der Waals surface area contributed by atoms with Crippen LogP contribution in [0.2, 0.25) is 0 Å². The highest BCUT2D eigenvalue weighted by Gasteiger charge is 2.12. The number of carbonyl (C=O) groups is 1. The molecule has 0 fully saturated rings. The number of carbonyl (C=O) groups excluding carboxylic acids is 1. The molecule has 0 aliphatic heterocycles. The minimum Gasteiger partial charge on any atom is -0.497 e. The zero-order chi connectivity index (χ0) is 13.1. The molecule has 0 amide bonds. The lowest BCUT2D eigenvalue weighted by atomic mass is 10.1. The summed E-state index contributed by atoms with van der Waals surface area (Å²) in [5.74, 6) is 0.288. The molecule has 0 aliphatic rings. The highest BCUT2D eigenvalue weighted by molar-refractivity contribution is 5.98. The molecule has 2 aromatic rings. The predicted molar refractivity (Wildman–Crippen MR) is 69.2 cm³/mol. The monoisotopic (exact) mass is 246 g/mol. The zero-order valence-corrected chi connectivity index (χ0v) is 10.5. The molecule has 0 unspecified atom stereocenters. The smallest absolute Gasteiger partial charge is 0.356 e. The van der Waals surface area contributed by atoms with Crippen LogP contribution in [0.15, 0.2) is 24.3 Å². The van der Waals surface area contributed by atoms with Gasteiger partial charge in [0.1, 0.15) is 5.75 Å². The standard InChI is InChI=1S/C13H14N2O3/c1-14-11-7-12(13(16)18-3)15-10-5-4-8(17-2)6-9(10)11/h4-7H,1-3H3,(H,14,15). The highest BCUT2D eigenvalue weighted by Crippen LogP contribution is 2.27. The summed E-state index contributed by atoms with van der Waals surface area (Å²) in [5, 5.41) is 3.93. The summed E-state index contributed by atoms with van der Waals surface area (Å²) in [5.41, 5.74) is 1.79. The maximum Gasteiger partial charge on any atom is 0.356 e. The molecule has 0 saturated heterocycles. The lowest BCUT2D eigenvalue weighted by molar-refractivity contribution is 0.0594. The molecule has 0 spiro atoms. The molecule has 0 radical (unpaired) electrons. The van der Waals surface area contributed by atoms with Gasteiger partial charge in [0.15, 0.2) is 5.69 Å². The van der Waals surface area contributed by atoms with Crippen molar-refractivity contribution in [3.8, 4) is 5.75 Å². The maximum absolute atomic E-state index is 11.5. The average molecular weight is 246 g/mol. The second-order valence-corrected chi connectivity index (χ2v) is 3.68. The van der Waals surface area contributed by atoms with Crippen LogP contribution in [0.3, 0.4) is 0 Å². The summed E-state index contributed by atoms with van der Waals surface area (Å²) in [6.45, 7) is 0. The molecule has 0 aliphatic carbocycles. The quantitative estimate of drug-likeness (QED) is 0.840. The number of aromatic nitrogens is 1. The minimum absolute atomic E-state index is 0.277. The number of hydrogen-bond acceptors (Lipinski definition) is 5. The SMILES string of the molecule is CNc1cc(C(=O)OC)nc2ccc(OC)cc12. The molecule has 0 atom stereocenters. The Morgan fingerprint density at radius 3 is 2.67 bits per heavy atom. The van der Waals surface area contributed by atoms with Crippen molar-refractivity contribution in [3.05, 3.63) is 30.0 Å². The van der Waals surface area contributed by atoms with Crippen molar-refractivity contribution in [3.63, 3.8) is 0 Å². The molecule has 0 saturated carbocycles. The van der Waals surface area contributed by atoms with Gasteiger partial charge in [0.25, 0.3) is 0 Å². The van der Waals surface area contributed by atoms with E-state index in [1.165, 1.54) is 7.11 Å². The van der Waals surface area contributed by atoms with Gasteiger partial charge >= 0.3 is 5.97 Å². The molecule has 1 heterocycles. The average Bonchev–Trinajstić information content (AvgIpc) is 2.44. The van der Waals surface area contributed by atoms with E-state index in [1.54, 1.807) is 32.4 Å². The van der Waals surface area contributed by atoms with Gasteiger partial charge in [-0.1, -0.05) is 0 Å². The first kappa shape index (κ1) is 12.2. The molecule has 94 valence electrons. The van der Waals surface area contributed by atoms with Crippen molar-refractivity contribution >= 4 is 22.6 Å². The maximum atomic E-state index is 11.5. The number of hydrogen-bond donors (Lipinski definition) is 1. The van der Waals surface area contributed by atoms with Gasteiger partial charge in [-0.05, 0) is 24.3 Å². The van der Waals surface area contributed by atoms with E-state index < -0.39 is 5.97 Å². The van der Waals surface area contributed by atoms with Crippen molar-refractivity contribution < 1.29 is 14.3 Å². The number of nitrogens with zero attached hydrogens (tertiary/aromatic N) is 1. The highest BCUT2D eigenvalue weighted by atomic mass is 16.5. The van der Waals surface area contributed by atoms with E-state index in [9.17, 15) is 4.79 Å². The second-order valence-electron chi connectivity index (χ2n) is 3.68. The number of fused-ring (bicyclic) bond motifs is 1. The molecule has 2 rings (SSSR count). The van der Waals surface area contributed by atoms with E-state index in [4.69, 9.17) is 4.74 Å². The largest absolute Gasteiger partial charge is 0.497 e. The first-order chi connectivity index (χ1) is 8.69. The number of anilines is 1. The van der Waals surface area contributed by atoms with Gasteiger partial charge in [-0.3, -0.25) is 0 Å². The summed E-state index contributed by atoms with van der Waals surface area (Å²) < 4.78 is 9.85. The summed E-state index contributed by atoms with van der Waals surface area (Å²) in [7, 11) is 4.73. The fourth-order valence-corrected chi connectivity index (χ4v) is 1.75. The van der Waals surface area contributed by atoms with Crippen LogP contribution < -0.4 is 10.1 Å². The lowest BCUT2D eigenvalue weighted by Gasteiger charge is -2.09. The molecule has 1 aromatic heterocycles. The van der Waals surface area contributed by atoms with Crippen molar-refractivity contribution in [1.29, 1.82) is 0 Å². The van der Waals surface area contributed by atoms with E-state index in [-0.39, 0.29) is 5.69 Å². The number of nitrogens with one attached hydrogen (secondary N) is 1. The summed E-state index contributed by atoms with van der Waals surface area (Å²) in [6.07, 6.45) is 0. The van der Waals surface area contributed by atoms with Crippen LogP contribution in [0.5, 0.6) is 5.75 Å². The molecule has 18 heavy (non-hydrogen) atoms. The molecule has 5 nitrogen and oxygen atoms in total. The van der Waals surface area contributed by atoms with Crippen molar-refractivity contribution in [1.82, 2.24) is 4.98 Å². The molecule has 5 heteroatoms. The molecular formula is C13H14N2O3. The van der Waals surface area contributed by atoms with Crippen LogP contribution in [-0.2, 0) is 4.74 Å². The van der Waals surface area contributed by atoms with Gasteiger partial charge in [-0.25, -0.2) is 9.78 Å². The third-order valence-electron chi connectivity index (χ3n) is 2.68. The van der Waals surface area contributed by atoms with Gasteiger partial charge in [0.2, 0.25) is 0 Å². The Morgan fingerprint density at radius 1 is 1.28 bits per heavy atom. The van der Waals surface area contributed by atoms with E-state index in [1.807, 2.05) is 6.07 Å². The van der Waals surface area contributed by atoms with E-state index in [2.05, 4.69) is 15.0 Å². The summed E-state index contributed by atoms with van der Waals surface area (Å²) in [6, 6.07) is 7.14. The van der Waals surface area contributed by atoms with Crippen LogP contribution in [0.1, 0.15) is 10.5 Å². The fourth-order valence-electron chi connectivity index (χ4n) is 1.75. The van der Waals surface area contributed by atoms with Crippen molar-refractivity contribution in [2.75, 3.05) is 26.6 Å². The Bertz CT molecular complexity index is 596. The van der Waals surface area contributed by atoms with Crippen LogP contribution in [0.25, 0.3) is 10.9 Å². The number of rotatable bonds is 3. The Labute approximate surface area is 105 Å². The van der Waals surface area contributed by atoms with Gasteiger partial charge in [-0.2, -0.15) is 0 Å². The topological polar surface area (TPSA) is 60.5 Å². The number of esters is 1. The normalized spacial score (nSPS) is 10.2. The minimum atomic E-state index is -0.454. The number of pyridine rings is 1.